The minimum atomic E-state index is -4.30. The number of alkyl halides is 3. The van der Waals surface area contributed by atoms with Crippen molar-refractivity contribution in [3.8, 4) is 0 Å². The molecule has 0 atom stereocenters. The Kier molecular flexibility index (Phi) is 6.72. The molecule has 1 nitrogen and oxygen atoms in total. The van der Waals surface area contributed by atoms with Crippen LogP contribution in [0.4, 0.5) is 13.2 Å². The van der Waals surface area contributed by atoms with Gasteiger partial charge in [0.15, 0.2) is 0 Å². The molecule has 0 fully saturated rings. The number of hydrogen-bond donors (Lipinski definition) is 1. The van der Waals surface area contributed by atoms with E-state index < -0.39 is 11.7 Å². The van der Waals surface area contributed by atoms with Gasteiger partial charge in [0.05, 0.1) is 5.56 Å². The predicted octanol–water partition coefficient (Wildman–Crippen LogP) is 4.49. The van der Waals surface area contributed by atoms with Gasteiger partial charge in [-0.2, -0.15) is 13.2 Å². The smallest absolute Gasteiger partial charge is 0.330 e. The van der Waals surface area contributed by atoms with Crippen LogP contribution in [0.5, 0.6) is 0 Å². The third-order valence-corrected chi connectivity index (χ3v) is 3.90. The molecule has 0 unspecified atom stereocenters. The van der Waals surface area contributed by atoms with E-state index in [0.717, 1.165) is 25.0 Å². The first-order valence-electron chi connectivity index (χ1n) is 6.52. The van der Waals surface area contributed by atoms with Crippen molar-refractivity contribution in [2.75, 3.05) is 12.3 Å². The zero-order valence-electron chi connectivity index (χ0n) is 11.1. The molecule has 5 heteroatoms. The standard InChI is InChI=1S/C14H20F3NS/c1-2-3-4-9-19-12-6-5-11(7-8-18)13(10-12)14(15,16)17/h5-6,10H,2-4,7-9,18H2,1H3. The maximum atomic E-state index is 12.9. The summed E-state index contributed by atoms with van der Waals surface area (Å²) < 4.78 is 38.8. The molecule has 19 heavy (non-hydrogen) atoms. The summed E-state index contributed by atoms with van der Waals surface area (Å²) in [5.74, 6) is 0.862. The average Bonchev–Trinajstić information content (AvgIpc) is 2.35. The molecule has 0 aromatic heterocycles. The lowest BCUT2D eigenvalue weighted by Crippen LogP contribution is -2.12. The second-order valence-electron chi connectivity index (χ2n) is 4.41. The van der Waals surface area contributed by atoms with E-state index in [9.17, 15) is 13.2 Å². The average molecular weight is 291 g/mol. The second-order valence-corrected chi connectivity index (χ2v) is 5.58. The van der Waals surface area contributed by atoms with Crippen LogP contribution in [0, 0.1) is 0 Å². The molecule has 2 N–H and O–H groups in total. The van der Waals surface area contributed by atoms with Crippen LogP contribution in [-0.2, 0) is 12.6 Å². The fourth-order valence-corrected chi connectivity index (χ4v) is 2.77. The van der Waals surface area contributed by atoms with Crippen molar-refractivity contribution in [1.82, 2.24) is 0 Å². The van der Waals surface area contributed by atoms with Crippen LogP contribution in [0.15, 0.2) is 23.1 Å². The maximum absolute atomic E-state index is 12.9. The number of thioether (sulfide) groups is 1. The molecule has 1 rings (SSSR count). The van der Waals surface area contributed by atoms with Crippen molar-refractivity contribution < 1.29 is 13.2 Å². The zero-order chi connectivity index (χ0) is 14.3. The van der Waals surface area contributed by atoms with Gasteiger partial charge < -0.3 is 5.73 Å². The molecule has 0 heterocycles. The predicted molar refractivity (Wildman–Crippen MR) is 74.5 cm³/mol. The monoisotopic (exact) mass is 291 g/mol. The van der Waals surface area contributed by atoms with Gasteiger partial charge in [-0.05, 0) is 42.8 Å². The lowest BCUT2D eigenvalue weighted by atomic mass is 10.0. The fraction of sp³-hybridized carbons (Fsp3) is 0.571. The van der Waals surface area contributed by atoms with Crippen molar-refractivity contribution in [1.29, 1.82) is 0 Å². The third kappa shape index (κ3) is 5.45. The van der Waals surface area contributed by atoms with E-state index in [-0.39, 0.29) is 18.5 Å². The largest absolute Gasteiger partial charge is 0.416 e. The normalized spacial score (nSPS) is 11.8. The molecular weight excluding hydrogens is 271 g/mol. The summed E-state index contributed by atoms with van der Waals surface area (Å²) in [6, 6.07) is 4.57. The summed E-state index contributed by atoms with van der Waals surface area (Å²) in [7, 11) is 0. The van der Waals surface area contributed by atoms with Crippen LogP contribution in [0.2, 0.25) is 0 Å². The first-order valence-corrected chi connectivity index (χ1v) is 7.50. The van der Waals surface area contributed by atoms with Crippen LogP contribution in [-0.4, -0.2) is 12.3 Å². The number of nitrogens with two attached hydrogens (primary N) is 1. The first kappa shape index (κ1) is 16.4. The van der Waals surface area contributed by atoms with E-state index in [2.05, 4.69) is 6.92 Å². The highest BCUT2D eigenvalue weighted by Gasteiger charge is 2.33. The highest BCUT2D eigenvalue weighted by molar-refractivity contribution is 7.99. The molecule has 0 amide bonds. The van der Waals surface area contributed by atoms with Gasteiger partial charge in [0.2, 0.25) is 0 Å². The summed E-state index contributed by atoms with van der Waals surface area (Å²) in [5, 5.41) is 0. The molecule has 108 valence electrons. The van der Waals surface area contributed by atoms with E-state index >= 15 is 0 Å². The van der Waals surface area contributed by atoms with Crippen molar-refractivity contribution in [3.63, 3.8) is 0 Å². The Hall–Kier alpha value is -0.680. The molecule has 0 radical (unpaired) electrons. The molecule has 0 aliphatic carbocycles. The van der Waals surface area contributed by atoms with Gasteiger partial charge in [0.1, 0.15) is 0 Å². The number of rotatable bonds is 7. The fourth-order valence-electron chi connectivity index (χ4n) is 1.82. The van der Waals surface area contributed by atoms with Gasteiger partial charge in [0.25, 0.3) is 0 Å². The molecule has 0 aliphatic rings. The Bertz CT molecular complexity index is 391. The molecular formula is C14H20F3NS. The Labute approximate surface area is 116 Å². The van der Waals surface area contributed by atoms with Gasteiger partial charge in [-0.3, -0.25) is 0 Å². The molecule has 1 aromatic carbocycles. The van der Waals surface area contributed by atoms with E-state index in [4.69, 9.17) is 5.73 Å². The van der Waals surface area contributed by atoms with Crippen LogP contribution in [0.3, 0.4) is 0 Å². The molecule has 0 spiro atoms. The summed E-state index contributed by atoms with van der Waals surface area (Å²) in [6.45, 7) is 2.33. The zero-order valence-corrected chi connectivity index (χ0v) is 11.9. The van der Waals surface area contributed by atoms with E-state index in [1.165, 1.54) is 17.8 Å². The Morgan fingerprint density at radius 1 is 1.21 bits per heavy atom. The SMILES string of the molecule is CCCCCSc1ccc(CCN)c(C(F)(F)F)c1. The Morgan fingerprint density at radius 2 is 1.95 bits per heavy atom. The van der Waals surface area contributed by atoms with Gasteiger partial charge in [-0.15, -0.1) is 11.8 Å². The summed E-state index contributed by atoms with van der Waals surface area (Å²) in [4.78, 5) is 0.684. The molecule has 0 saturated heterocycles. The van der Waals surface area contributed by atoms with Crippen LogP contribution >= 0.6 is 11.8 Å². The number of hydrogen-bond acceptors (Lipinski definition) is 2. The van der Waals surface area contributed by atoms with Crippen LogP contribution in [0.25, 0.3) is 0 Å². The molecule has 1 aromatic rings. The first-order chi connectivity index (χ1) is 8.99. The Balaban J connectivity index is 2.80. The van der Waals surface area contributed by atoms with E-state index in [1.807, 2.05) is 0 Å². The Morgan fingerprint density at radius 3 is 2.53 bits per heavy atom. The highest BCUT2D eigenvalue weighted by atomic mass is 32.2. The third-order valence-electron chi connectivity index (χ3n) is 2.82. The minimum Gasteiger partial charge on any atom is -0.330 e. The van der Waals surface area contributed by atoms with Crippen molar-refractivity contribution in [2.45, 2.75) is 43.7 Å². The summed E-state index contributed by atoms with van der Waals surface area (Å²) in [5.41, 5.74) is 5.09. The number of benzene rings is 1. The van der Waals surface area contributed by atoms with Crippen molar-refractivity contribution in [2.24, 2.45) is 5.73 Å². The minimum absolute atomic E-state index is 0.228. The van der Waals surface area contributed by atoms with E-state index in [1.54, 1.807) is 12.1 Å². The summed E-state index contributed by atoms with van der Waals surface area (Å²) >= 11 is 1.49. The maximum Gasteiger partial charge on any atom is 0.416 e. The van der Waals surface area contributed by atoms with Gasteiger partial charge >= 0.3 is 6.18 Å². The molecule has 0 aliphatic heterocycles. The van der Waals surface area contributed by atoms with Crippen molar-refractivity contribution >= 4 is 11.8 Å². The lowest BCUT2D eigenvalue weighted by Gasteiger charge is -2.14. The van der Waals surface area contributed by atoms with Crippen LogP contribution < -0.4 is 5.73 Å². The lowest BCUT2D eigenvalue weighted by molar-refractivity contribution is -0.138. The van der Waals surface area contributed by atoms with E-state index in [0.29, 0.717) is 4.90 Å². The van der Waals surface area contributed by atoms with Gasteiger partial charge in [0, 0.05) is 4.90 Å². The van der Waals surface area contributed by atoms with Crippen LogP contribution in [0.1, 0.15) is 37.3 Å². The second kappa shape index (κ2) is 7.80. The van der Waals surface area contributed by atoms with Gasteiger partial charge in [-0.25, -0.2) is 0 Å². The molecule has 0 saturated carbocycles. The van der Waals surface area contributed by atoms with Gasteiger partial charge in [-0.1, -0.05) is 25.8 Å². The topological polar surface area (TPSA) is 26.0 Å². The summed E-state index contributed by atoms with van der Waals surface area (Å²) in [6.07, 6.45) is -0.776. The number of unbranched alkanes of at least 4 members (excludes halogenated alkanes) is 2. The molecule has 0 bridgehead atoms. The number of halogens is 3. The highest BCUT2D eigenvalue weighted by Crippen LogP contribution is 2.35. The van der Waals surface area contributed by atoms with Crippen molar-refractivity contribution in [3.05, 3.63) is 29.3 Å². The quantitative estimate of drug-likeness (QED) is 0.591.